The van der Waals surface area contributed by atoms with Gasteiger partial charge in [-0.25, -0.2) is 0 Å². The number of aliphatic imine (C=N–C) groups is 1. The molecule has 2 N–H and O–H groups in total. The van der Waals surface area contributed by atoms with Crippen molar-refractivity contribution in [2.75, 3.05) is 26.8 Å². The molecule has 1 atom stereocenters. The number of hydrogen-bond acceptors (Lipinski definition) is 4. The van der Waals surface area contributed by atoms with Gasteiger partial charge in [-0.3, -0.25) is 4.99 Å². The summed E-state index contributed by atoms with van der Waals surface area (Å²) in [5, 5.41) is 8.82. The molecule has 2 aromatic rings. The lowest BCUT2D eigenvalue weighted by atomic mass is 10.3. The highest BCUT2D eigenvalue weighted by Crippen LogP contribution is 2.08. The first-order valence-corrected chi connectivity index (χ1v) is 8.74. The SMILES string of the molecule is COCC(C)NC(=NCCc1cccs1)NCCc1ccco1.I. The number of guanidine groups is 1. The zero-order valence-corrected chi connectivity index (χ0v) is 17.3. The van der Waals surface area contributed by atoms with E-state index in [1.807, 2.05) is 12.1 Å². The van der Waals surface area contributed by atoms with E-state index >= 15 is 0 Å². The van der Waals surface area contributed by atoms with Gasteiger partial charge in [-0.15, -0.1) is 35.3 Å². The average Bonchev–Trinajstić information content (AvgIpc) is 3.20. The van der Waals surface area contributed by atoms with E-state index < -0.39 is 0 Å². The molecule has 0 spiro atoms. The molecule has 5 nitrogen and oxygen atoms in total. The Kier molecular flexibility index (Phi) is 10.8. The van der Waals surface area contributed by atoms with Gasteiger partial charge in [0.2, 0.25) is 0 Å². The van der Waals surface area contributed by atoms with Crippen molar-refractivity contribution >= 4 is 41.3 Å². The maximum absolute atomic E-state index is 5.35. The Labute approximate surface area is 164 Å². The molecule has 1 unspecified atom stereocenters. The smallest absolute Gasteiger partial charge is 0.191 e. The minimum Gasteiger partial charge on any atom is -0.469 e. The van der Waals surface area contributed by atoms with Gasteiger partial charge in [0.15, 0.2) is 5.96 Å². The van der Waals surface area contributed by atoms with E-state index in [2.05, 4.69) is 40.1 Å². The zero-order valence-electron chi connectivity index (χ0n) is 14.2. The molecule has 0 aliphatic heterocycles. The van der Waals surface area contributed by atoms with Crippen LogP contribution >= 0.6 is 35.3 Å². The largest absolute Gasteiger partial charge is 0.469 e. The molecule has 0 saturated carbocycles. The van der Waals surface area contributed by atoms with Crippen molar-refractivity contribution in [2.45, 2.75) is 25.8 Å². The summed E-state index contributed by atoms with van der Waals surface area (Å²) in [6.07, 6.45) is 3.49. The van der Waals surface area contributed by atoms with Crippen LogP contribution in [0.25, 0.3) is 0 Å². The molecule has 0 bridgehead atoms. The van der Waals surface area contributed by atoms with Gasteiger partial charge in [-0.05, 0) is 30.5 Å². The number of ether oxygens (including phenoxy) is 1. The van der Waals surface area contributed by atoms with Gasteiger partial charge in [0.05, 0.1) is 12.9 Å². The Morgan fingerprint density at radius 3 is 2.88 bits per heavy atom. The summed E-state index contributed by atoms with van der Waals surface area (Å²) in [6, 6.07) is 8.31. The summed E-state index contributed by atoms with van der Waals surface area (Å²) < 4.78 is 10.5. The van der Waals surface area contributed by atoms with E-state index in [9.17, 15) is 0 Å². The number of halogens is 1. The first kappa shape index (κ1) is 21.0. The molecule has 0 aromatic carbocycles. The summed E-state index contributed by atoms with van der Waals surface area (Å²) in [5.74, 6) is 1.79. The van der Waals surface area contributed by atoms with Crippen LogP contribution in [-0.2, 0) is 17.6 Å². The summed E-state index contributed by atoms with van der Waals surface area (Å²) in [6.45, 7) is 4.25. The molecule has 2 aromatic heterocycles. The Morgan fingerprint density at radius 2 is 2.21 bits per heavy atom. The van der Waals surface area contributed by atoms with Crippen LogP contribution in [0.5, 0.6) is 0 Å². The third-order valence-corrected chi connectivity index (χ3v) is 4.19. The van der Waals surface area contributed by atoms with Crippen molar-refractivity contribution in [3.63, 3.8) is 0 Å². The molecule has 0 radical (unpaired) electrons. The number of methoxy groups -OCH3 is 1. The quantitative estimate of drug-likeness (QED) is 0.341. The molecule has 7 heteroatoms. The van der Waals surface area contributed by atoms with Crippen LogP contribution in [0.1, 0.15) is 17.6 Å². The van der Waals surface area contributed by atoms with Crippen LogP contribution in [-0.4, -0.2) is 38.8 Å². The van der Waals surface area contributed by atoms with Crippen LogP contribution in [0.4, 0.5) is 0 Å². The maximum Gasteiger partial charge on any atom is 0.191 e. The Hall–Kier alpha value is -1.06. The Morgan fingerprint density at radius 1 is 1.33 bits per heavy atom. The molecule has 2 rings (SSSR count). The molecular formula is C17H26IN3O2S. The monoisotopic (exact) mass is 463 g/mol. The van der Waals surface area contributed by atoms with E-state index in [-0.39, 0.29) is 30.0 Å². The van der Waals surface area contributed by atoms with E-state index in [4.69, 9.17) is 9.15 Å². The van der Waals surface area contributed by atoms with Gasteiger partial charge in [0.25, 0.3) is 0 Å². The Bertz CT molecular complexity index is 558. The minimum atomic E-state index is 0. The van der Waals surface area contributed by atoms with E-state index in [1.54, 1.807) is 24.7 Å². The number of furan rings is 1. The second-order valence-electron chi connectivity index (χ2n) is 5.32. The lowest BCUT2D eigenvalue weighted by Gasteiger charge is -2.17. The fourth-order valence-corrected chi connectivity index (χ4v) is 2.87. The highest BCUT2D eigenvalue weighted by Gasteiger charge is 2.05. The average molecular weight is 463 g/mol. The fourth-order valence-electron chi connectivity index (χ4n) is 2.17. The van der Waals surface area contributed by atoms with E-state index in [0.717, 1.165) is 37.7 Å². The number of nitrogens with one attached hydrogen (secondary N) is 2. The minimum absolute atomic E-state index is 0. The molecule has 0 saturated heterocycles. The maximum atomic E-state index is 5.35. The van der Waals surface area contributed by atoms with Gasteiger partial charge in [0, 0.05) is 44.0 Å². The van der Waals surface area contributed by atoms with Crippen molar-refractivity contribution in [3.05, 3.63) is 46.5 Å². The van der Waals surface area contributed by atoms with Crippen molar-refractivity contribution in [1.29, 1.82) is 0 Å². The molecule has 0 aliphatic rings. The first-order valence-electron chi connectivity index (χ1n) is 7.86. The number of nitrogens with zero attached hydrogens (tertiary/aromatic N) is 1. The number of thiophene rings is 1. The van der Waals surface area contributed by atoms with Gasteiger partial charge in [0.1, 0.15) is 5.76 Å². The lowest BCUT2D eigenvalue weighted by molar-refractivity contribution is 0.179. The summed E-state index contributed by atoms with van der Waals surface area (Å²) >= 11 is 1.77. The van der Waals surface area contributed by atoms with E-state index in [0.29, 0.717) is 6.61 Å². The van der Waals surface area contributed by atoms with Crippen molar-refractivity contribution in [1.82, 2.24) is 10.6 Å². The standard InChI is InChI=1S/C17H25N3O2S.HI/c1-14(13-21-2)20-17(18-9-7-15-5-3-11-22-15)19-10-8-16-6-4-12-23-16;/h3-6,11-12,14H,7-10,13H2,1-2H3,(H2,18,19,20);1H. The van der Waals surface area contributed by atoms with E-state index in [1.165, 1.54) is 4.88 Å². The fraction of sp³-hybridized carbons (Fsp3) is 0.471. The predicted molar refractivity (Wildman–Crippen MR) is 111 cm³/mol. The third-order valence-electron chi connectivity index (χ3n) is 3.25. The van der Waals surface area contributed by atoms with Gasteiger partial charge in [-0.1, -0.05) is 6.07 Å². The second kappa shape index (κ2) is 12.3. The molecule has 2 heterocycles. The summed E-state index contributed by atoms with van der Waals surface area (Å²) in [7, 11) is 1.70. The highest BCUT2D eigenvalue weighted by atomic mass is 127. The van der Waals surface area contributed by atoms with Crippen molar-refractivity contribution in [2.24, 2.45) is 4.99 Å². The molecular weight excluding hydrogens is 437 g/mol. The molecule has 0 fully saturated rings. The summed E-state index contributed by atoms with van der Waals surface area (Å²) in [4.78, 5) is 6.01. The van der Waals surface area contributed by atoms with Crippen molar-refractivity contribution in [3.8, 4) is 0 Å². The topological polar surface area (TPSA) is 58.8 Å². The molecule has 0 aliphatic carbocycles. The normalized spacial score (nSPS) is 12.5. The first-order chi connectivity index (χ1) is 11.3. The van der Waals surface area contributed by atoms with Gasteiger partial charge < -0.3 is 19.8 Å². The van der Waals surface area contributed by atoms with Crippen LogP contribution in [0, 0.1) is 0 Å². The predicted octanol–water partition coefficient (Wildman–Crippen LogP) is 3.31. The van der Waals surface area contributed by atoms with Gasteiger partial charge >= 0.3 is 0 Å². The van der Waals surface area contributed by atoms with Crippen LogP contribution in [0.3, 0.4) is 0 Å². The molecule has 134 valence electrons. The van der Waals surface area contributed by atoms with Crippen LogP contribution in [0.2, 0.25) is 0 Å². The zero-order chi connectivity index (χ0) is 16.3. The molecule has 0 amide bonds. The third kappa shape index (κ3) is 8.16. The number of hydrogen-bond donors (Lipinski definition) is 2. The number of rotatable bonds is 9. The highest BCUT2D eigenvalue weighted by molar-refractivity contribution is 14.0. The van der Waals surface area contributed by atoms with Crippen molar-refractivity contribution < 1.29 is 9.15 Å². The van der Waals surface area contributed by atoms with Crippen LogP contribution < -0.4 is 10.6 Å². The second-order valence-corrected chi connectivity index (χ2v) is 6.35. The Balaban J connectivity index is 0.00000288. The molecule has 24 heavy (non-hydrogen) atoms. The van der Waals surface area contributed by atoms with Crippen LogP contribution in [0.15, 0.2) is 45.3 Å². The lowest BCUT2D eigenvalue weighted by Crippen LogP contribution is -2.44. The summed E-state index contributed by atoms with van der Waals surface area (Å²) in [5.41, 5.74) is 0. The van der Waals surface area contributed by atoms with Gasteiger partial charge in [-0.2, -0.15) is 0 Å².